The fraction of sp³-hybridized carbons (Fsp3) is 0.700. The molecule has 0 rings (SSSR count). The molecule has 0 aliphatic rings. The monoisotopic (exact) mass is 474 g/mol. The van der Waals surface area contributed by atoms with Gasteiger partial charge in [0.25, 0.3) is 0 Å². The summed E-state index contributed by atoms with van der Waals surface area (Å²) in [6.45, 7) is 7.09. The van der Waals surface area contributed by atoms with E-state index in [-0.39, 0.29) is 24.7 Å². The van der Waals surface area contributed by atoms with Gasteiger partial charge in [-0.25, -0.2) is 4.79 Å². The number of hydrogen-bond acceptors (Lipinski definition) is 7. The Bertz CT molecular complexity index is 739. The van der Waals surface area contributed by atoms with E-state index < -0.39 is 72.6 Å². The second-order valence-corrected chi connectivity index (χ2v) is 8.58. The molecule has 0 aliphatic carbocycles. The quantitative estimate of drug-likeness (QED) is 0.151. The molecule has 0 aromatic carbocycles. The molecule has 3 amide bonds. The summed E-state index contributed by atoms with van der Waals surface area (Å²) in [5.74, 6) is -6.91. The number of carbonyl (C=O) groups excluding carboxylic acids is 3. The van der Waals surface area contributed by atoms with Gasteiger partial charge in [0, 0.05) is 0 Å². The summed E-state index contributed by atoms with van der Waals surface area (Å²) in [6, 6.07) is -5.41. The van der Waals surface area contributed by atoms with Crippen LogP contribution in [0.2, 0.25) is 0 Å². The summed E-state index contributed by atoms with van der Waals surface area (Å²) in [6.07, 6.45) is -1.22. The minimum absolute atomic E-state index is 0.0684. The Morgan fingerprint density at radius 1 is 0.636 bits per heavy atom. The maximum atomic E-state index is 12.9. The molecule has 4 atom stereocenters. The number of nitrogens with two attached hydrogens (primary N) is 1. The molecule has 13 nitrogen and oxygen atoms in total. The molecule has 33 heavy (non-hydrogen) atoms. The number of carboxylic acids is 3. The molecule has 0 spiro atoms. The maximum absolute atomic E-state index is 12.9. The predicted octanol–water partition coefficient (Wildman–Crippen LogP) is -1.11. The van der Waals surface area contributed by atoms with Gasteiger partial charge in [-0.15, -0.1) is 0 Å². The highest BCUT2D eigenvalue weighted by Gasteiger charge is 2.32. The molecule has 0 fully saturated rings. The Labute approximate surface area is 191 Å². The second-order valence-electron chi connectivity index (χ2n) is 8.58. The van der Waals surface area contributed by atoms with Gasteiger partial charge in [0.05, 0.1) is 18.9 Å². The average molecular weight is 475 g/mol. The lowest BCUT2D eigenvalue weighted by molar-refractivity contribution is -0.147. The molecule has 0 aromatic heterocycles. The van der Waals surface area contributed by atoms with Crippen LogP contribution in [-0.4, -0.2) is 75.1 Å². The Morgan fingerprint density at radius 2 is 1.00 bits per heavy atom. The molecule has 0 heterocycles. The summed E-state index contributed by atoms with van der Waals surface area (Å²) < 4.78 is 0. The fourth-order valence-electron chi connectivity index (χ4n) is 2.88. The van der Waals surface area contributed by atoms with Crippen molar-refractivity contribution in [3.63, 3.8) is 0 Å². The lowest BCUT2D eigenvalue weighted by atomic mass is 9.99. The highest BCUT2D eigenvalue weighted by molar-refractivity contribution is 5.95. The van der Waals surface area contributed by atoms with E-state index in [0.29, 0.717) is 0 Å². The average Bonchev–Trinajstić information content (AvgIpc) is 2.64. The first kappa shape index (κ1) is 29.8. The Balaban J connectivity index is 5.54. The molecule has 188 valence electrons. The topological polar surface area (TPSA) is 225 Å². The van der Waals surface area contributed by atoms with Crippen LogP contribution in [-0.2, 0) is 28.8 Å². The molecule has 0 aliphatic heterocycles. The second kappa shape index (κ2) is 14.0. The third kappa shape index (κ3) is 12.4. The smallest absolute Gasteiger partial charge is 0.326 e. The third-order valence-corrected chi connectivity index (χ3v) is 4.40. The van der Waals surface area contributed by atoms with Crippen molar-refractivity contribution in [2.75, 3.05) is 0 Å². The van der Waals surface area contributed by atoms with Crippen molar-refractivity contribution in [3.05, 3.63) is 0 Å². The number of aliphatic carboxylic acids is 3. The van der Waals surface area contributed by atoms with Crippen LogP contribution >= 0.6 is 0 Å². The van der Waals surface area contributed by atoms with E-state index in [1.54, 1.807) is 27.7 Å². The molecule has 13 heteroatoms. The van der Waals surface area contributed by atoms with Crippen molar-refractivity contribution in [3.8, 4) is 0 Å². The molecule has 8 N–H and O–H groups in total. The normalized spacial score (nSPS) is 14.6. The number of amides is 3. The zero-order valence-corrected chi connectivity index (χ0v) is 19.2. The van der Waals surface area contributed by atoms with E-state index in [0.717, 1.165) is 0 Å². The van der Waals surface area contributed by atoms with Crippen LogP contribution in [0.5, 0.6) is 0 Å². The van der Waals surface area contributed by atoms with Crippen LogP contribution in [0.25, 0.3) is 0 Å². The van der Waals surface area contributed by atoms with Crippen LogP contribution < -0.4 is 21.7 Å². The van der Waals surface area contributed by atoms with Gasteiger partial charge in [-0.05, 0) is 24.7 Å². The lowest BCUT2D eigenvalue weighted by Crippen LogP contribution is -2.57. The first-order valence-corrected chi connectivity index (χ1v) is 10.5. The first-order chi connectivity index (χ1) is 15.1. The highest BCUT2D eigenvalue weighted by atomic mass is 16.4. The fourth-order valence-corrected chi connectivity index (χ4v) is 2.88. The third-order valence-electron chi connectivity index (χ3n) is 4.40. The Kier molecular flexibility index (Phi) is 12.7. The van der Waals surface area contributed by atoms with E-state index in [1.807, 2.05) is 0 Å². The molecule has 0 saturated heterocycles. The van der Waals surface area contributed by atoms with E-state index in [9.17, 15) is 28.8 Å². The van der Waals surface area contributed by atoms with Crippen molar-refractivity contribution < 1.29 is 44.1 Å². The summed E-state index contributed by atoms with van der Waals surface area (Å²) in [4.78, 5) is 70.7. The van der Waals surface area contributed by atoms with E-state index >= 15 is 0 Å². The molecule has 0 aromatic rings. The van der Waals surface area contributed by atoms with Crippen LogP contribution in [0.15, 0.2) is 0 Å². The van der Waals surface area contributed by atoms with E-state index in [1.165, 1.54) is 0 Å². The zero-order valence-electron chi connectivity index (χ0n) is 19.2. The van der Waals surface area contributed by atoms with Crippen molar-refractivity contribution in [2.45, 2.75) is 77.5 Å². The lowest BCUT2D eigenvalue weighted by Gasteiger charge is -2.26. The van der Waals surface area contributed by atoms with E-state index in [4.69, 9.17) is 21.1 Å². The molecule has 0 saturated carbocycles. The van der Waals surface area contributed by atoms with Gasteiger partial charge in [0.2, 0.25) is 17.7 Å². The van der Waals surface area contributed by atoms with Gasteiger partial charge >= 0.3 is 17.9 Å². The van der Waals surface area contributed by atoms with Crippen molar-refractivity contribution in [2.24, 2.45) is 17.6 Å². The predicted molar refractivity (Wildman–Crippen MR) is 115 cm³/mol. The summed E-state index contributed by atoms with van der Waals surface area (Å²) in [7, 11) is 0. The summed E-state index contributed by atoms with van der Waals surface area (Å²) in [5.41, 5.74) is 5.54. The first-order valence-electron chi connectivity index (χ1n) is 10.5. The Hall–Kier alpha value is -3.22. The van der Waals surface area contributed by atoms with Crippen LogP contribution in [0.1, 0.15) is 53.4 Å². The molecular formula is C20H34N4O9. The standard InChI is InChI=1S/C20H34N4O9/c1-9(2)5-12(22-17(29)11(21)7-15(25)26)18(30)23-13(6-10(3)4)19(31)24-14(20(32)33)8-16(27)28/h9-14H,5-8,21H2,1-4H3,(H,22,29)(H,23,30)(H,24,31)(H,25,26)(H,27,28)(H,32,33). The summed E-state index contributed by atoms with van der Waals surface area (Å²) >= 11 is 0. The van der Waals surface area contributed by atoms with Crippen molar-refractivity contribution >= 4 is 35.6 Å². The number of hydrogen-bond donors (Lipinski definition) is 7. The van der Waals surface area contributed by atoms with Gasteiger partial charge < -0.3 is 37.0 Å². The van der Waals surface area contributed by atoms with Gasteiger partial charge in [-0.2, -0.15) is 0 Å². The van der Waals surface area contributed by atoms with Crippen LogP contribution in [0, 0.1) is 11.8 Å². The minimum Gasteiger partial charge on any atom is -0.481 e. The molecule has 0 radical (unpaired) electrons. The van der Waals surface area contributed by atoms with E-state index in [2.05, 4.69) is 16.0 Å². The molecular weight excluding hydrogens is 440 g/mol. The Morgan fingerprint density at radius 3 is 1.33 bits per heavy atom. The molecule has 4 unspecified atom stereocenters. The zero-order chi connectivity index (χ0) is 25.9. The minimum atomic E-state index is -1.69. The van der Waals surface area contributed by atoms with Crippen LogP contribution in [0.4, 0.5) is 0 Å². The van der Waals surface area contributed by atoms with Crippen LogP contribution in [0.3, 0.4) is 0 Å². The van der Waals surface area contributed by atoms with Gasteiger partial charge in [-0.1, -0.05) is 27.7 Å². The highest BCUT2D eigenvalue weighted by Crippen LogP contribution is 2.10. The largest absolute Gasteiger partial charge is 0.481 e. The molecule has 0 bridgehead atoms. The number of carbonyl (C=O) groups is 6. The number of carboxylic acid groups (broad SMARTS) is 3. The van der Waals surface area contributed by atoms with Crippen molar-refractivity contribution in [1.82, 2.24) is 16.0 Å². The van der Waals surface area contributed by atoms with Gasteiger partial charge in [0.1, 0.15) is 18.1 Å². The summed E-state index contributed by atoms with van der Waals surface area (Å²) in [5, 5.41) is 33.8. The number of nitrogens with one attached hydrogen (secondary N) is 3. The van der Waals surface area contributed by atoms with Gasteiger partial charge in [0.15, 0.2) is 0 Å². The maximum Gasteiger partial charge on any atom is 0.326 e. The van der Waals surface area contributed by atoms with Gasteiger partial charge in [-0.3, -0.25) is 24.0 Å². The SMILES string of the molecule is CC(C)CC(NC(=O)C(N)CC(=O)O)C(=O)NC(CC(C)C)C(=O)NC(CC(=O)O)C(=O)O. The van der Waals surface area contributed by atoms with Crippen molar-refractivity contribution in [1.29, 1.82) is 0 Å². The number of rotatable bonds is 15.